The van der Waals surface area contributed by atoms with E-state index < -0.39 is 0 Å². The Kier molecular flexibility index (Phi) is 10.6. The highest BCUT2D eigenvalue weighted by atomic mass is 15.2. The number of benzene rings is 8. The van der Waals surface area contributed by atoms with Crippen LogP contribution in [0.4, 0.5) is 0 Å². The van der Waals surface area contributed by atoms with Crippen LogP contribution in [0.25, 0.3) is 105 Å². The molecule has 12 aromatic rings. The van der Waals surface area contributed by atoms with E-state index in [0.29, 0.717) is 29.9 Å². The zero-order valence-corrected chi connectivity index (χ0v) is 41.1. The molecule has 0 amide bonds. The Hall–Kier alpha value is -8.53. The molecule has 0 fully saturated rings. The van der Waals surface area contributed by atoms with Crippen LogP contribution in [0.15, 0.2) is 181 Å². The van der Waals surface area contributed by atoms with Crippen molar-refractivity contribution in [3.8, 4) is 45.6 Å². The molecule has 0 aliphatic carbocycles. The van der Waals surface area contributed by atoms with Crippen molar-refractivity contribution in [3.05, 3.63) is 204 Å². The number of pyridine rings is 1. The van der Waals surface area contributed by atoms with Gasteiger partial charge in [0.15, 0.2) is 5.82 Å². The number of nitriles is 1. The van der Waals surface area contributed by atoms with Gasteiger partial charge in [-0.1, -0.05) is 157 Å². The van der Waals surface area contributed by atoms with Crippen LogP contribution in [-0.4, -0.2) is 25.4 Å². The highest BCUT2D eigenvalue weighted by Crippen LogP contribution is 2.49. The molecule has 4 heterocycles. The van der Waals surface area contributed by atoms with Gasteiger partial charge in [0.1, 0.15) is 5.82 Å². The van der Waals surface area contributed by atoms with Gasteiger partial charge in [-0.05, 0) is 119 Å². The van der Waals surface area contributed by atoms with Gasteiger partial charge < -0.3 is 4.57 Å². The van der Waals surface area contributed by atoms with Crippen molar-refractivity contribution in [1.82, 2.24) is 18.7 Å². The second-order valence-corrected chi connectivity index (χ2v) is 19.9. The molecule has 6 nitrogen and oxygen atoms in total. The SMILES string of the molecule is C=NCc1ccc(-c2c(-c3ccccc3)c(-n3c4ccccc4c4cc(C(C)C)ccc43)nc(-n3c4ccccc4c4cc(C(C)C)ccc43)c2-n2c3ccccc3c3cc(C(C)C)ccc32)cc1C#N. The number of aromatic nitrogens is 4. The molecule has 4 aromatic heterocycles. The van der Waals surface area contributed by atoms with E-state index in [1.54, 1.807) is 0 Å². The molecule has 0 spiro atoms. The Balaban J connectivity index is 1.39. The number of aliphatic imine (C=N–C) groups is 1. The van der Waals surface area contributed by atoms with Crippen molar-refractivity contribution in [1.29, 1.82) is 5.26 Å². The molecular formula is C65H54N6. The van der Waals surface area contributed by atoms with Gasteiger partial charge in [-0.3, -0.25) is 14.1 Å². The molecule has 0 unspecified atom stereocenters. The van der Waals surface area contributed by atoms with E-state index in [2.05, 4.69) is 249 Å². The molecule has 0 aliphatic rings. The van der Waals surface area contributed by atoms with E-state index in [1.807, 2.05) is 0 Å². The van der Waals surface area contributed by atoms with Crippen LogP contribution in [0.2, 0.25) is 0 Å². The molecule has 0 aliphatic heterocycles. The minimum absolute atomic E-state index is 0.332. The van der Waals surface area contributed by atoms with E-state index >= 15 is 0 Å². The Bertz CT molecular complexity index is 4150. The number of hydrogen-bond donors (Lipinski definition) is 0. The van der Waals surface area contributed by atoms with E-state index in [4.69, 9.17) is 4.98 Å². The molecule has 0 saturated heterocycles. The van der Waals surface area contributed by atoms with Crippen molar-refractivity contribution in [3.63, 3.8) is 0 Å². The second kappa shape index (κ2) is 17.2. The molecule has 344 valence electrons. The molecule has 0 N–H and O–H groups in total. The fraction of sp³-hybridized carbons (Fsp3) is 0.154. The minimum atomic E-state index is 0.332. The molecule has 71 heavy (non-hydrogen) atoms. The summed E-state index contributed by atoms with van der Waals surface area (Å²) < 4.78 is 7.25. The van der Waals surface area contributed by atoms with Crippen molar-refractivity contribution < 1.29 is 0 Å². The van der Waals surface area contributed by atoms with Crippen LogP contribution in [-0.2, 0) is 6.54 Å². The van der Waals surface area contributed by atoms with Gasteiger partial charge >= 0.3 is 0 Å². The van der Waals surface area contributed by atoms with Gasteiger partial charge in [-0.15, -0.1) is 0 Å². The van der Waals surface area contributed by atoms with Gasteiger partial charge in [-0.25, -0.2) is 4.98 Å². The first-order valence-corrected chi connectivity index (χ1v) is 24.8. The maximum atomic E-state index is 11.0. The standard InChI is InChI=1S/C65H54N6/c1-39(2)43-27-30-58-52(34-43)49-19-11-14-22-55(49)69(58)63-61(46-25-26-47(38-67-7)48(33-46)37-66)62(42-17-9-8-10-18-42)64(70-56-23-15-12-20-50(56)53-35-44(40(3)4)28-31-59(53)70)68-65(63)71-57-24-16-13-21-51(57)54-36-45(41(5)6)29-32-60(54)71/h8-36,39-41H,7,38H2,1-6H3. The van der Waals surface area contributed by atoms with E-state index in [-0.39, 0.29) is 0 Å². The largest absolute Gasteiger partial charge is 0.305 e. The zero-order valence-electron chi connectivity index (χ0n) is 41.1. The maximum Gasteiger partial charge on any atom is 0.165 e. The first-order chi connectivity index (χ1) is 34.6. The molecule has 0 bridgehead atoms. The summed E-state index contributed by atoms with van der Waals surface area (Å²) in [5, 5.41) is 18.0. The number of fused-ring (bicyclic) bond motifs is 9. The molecule has 0 atom stereocenters. The van der Waals surface area contributed by atoms with Crippen molar-refractivity contribution >= 4 is 72.1 Å². The lowest BCUT2D eigenvalue weighted by Crippen LogP contribution is -2.13. The topological polar surface area (TPSA) is 63.8 Å². The van der Waals surface area contributed by atoms with E-state index in [0.717, 1.165) is 94.4 Å². The number of hydrogen-bond acceptors (Lipinski definition) is 3. The summed E-state index contributed by atoms with van der Waals surface area (Å²) in [6.07, 6.45) is 0. The summed E-state index contributed by atoms with van der Waals surface area (Å²) in [5.41, 5.74) is 16.3. The lowest BCUT2D eigenvalue weighted by molar-refractivity contribution is 0.868. The lowest BCUT2D eigenvalue weighted by atomic mass is 9.91. The van der Waals surface area contributed by atoms with Crippen molar-refractivity contribution in [2.24, 2.45) is 4.99 Å². The third-order valence-corrected chi connectivity index (χ3v) is 14.7. The van der Waals surface area contributed by atoms with Crippen LogP contribution < -0.4 is 0 Å². The Morgan fingerprint density at radius 2 is 0.887 bits per heavy atom. The average Bonchev–Trinajstić information content (AvgIpc) is 4.03. The molecular weight excluding hydrogens is 865 g/mol. The minimum Gasteiger partial charge on any atom is -0.305 e. The van der Waals surface area contributed by atoms with Gasteiger partial charge in [-0.2, -0.15) is 5.26 Å². The Labute approximate surface area is 414 Å². The van der Waals surface area contributed by atoms with Crippen LogP contribution in [0, 0.1) is 11.3 Å². The zero-order chi connectivity index (χ0) is 48.7. The van der Waals surface area contributed by atoms with Gasteiger partial charge in [0.2, 0.25) is 0 Å². The first-order valence-electron chi connectivity index (χ1n) is 24.8. The normalized spacial score (nSPS) is 12.0. The van der Waals surface area contributed by atoms with Gasteiger partial charge in [0.25, 0.3) is 0 Å². The van der Waals surface area contributed by atoms with Crippen LogP contribution in [0.3, 0.4) is 0 Å². The summed E-state index contributed by atoms with van der Waals surface area (Å²) in [7, 11) is 0. The molecule has 6 heteroatoms. The lowest BCUT2D eigenvalue weighted by Gasteiger charge is -2.26. The fourth-order valence-corrected chi connectivity index (χ4v) is 11.1. The molecule has 8 aromatic carbocycles. The average molecular weight is 919 g/mol. The molecule has 0 radical (unpaired) electrons. The third kappa shape index (κ3) is 6.90. The van der Waals surface area contributed by atoms with E-state index in [9.17, 15) is 5.26 Å². The second-order valence-electron chi connectivity index (χ2n) is 19.9. The van der Waals surface area contributed by atoms with Gasteiger partial charge in [0.05, 0.1) is 57.0 Å². The predicted octanol–water partition coefficient (Wildman–Crippen LogP) is 17.1. The number of rotatable bonds is 10. The van der Waals surface area contributed by atoms with E-state index in [1.165, 1.54) is 32.8 Å². The molecule has 12 rings (SSSR count). The Morgan fingerprint density at radius 1 is 0.451 bits per heavy atom. The van der Waals surface area contributed by atoms with Crippen LogP contribution in [0.1, 0.15) is 87.1 Å². The Morgan fingerprint density at radius 3 is 1.37 bits per heavy atom. The first kappa shape index (κ1) is 43.7. The van der Waals surface area contributed by atoms with Crippen LogP contribution in [0.5, 0.6) is 0 Å². The molecule has 0 saturated carbocycles. The smallest absolute Gasteiger partial charge is 0.165 e. The highest BCUT2D eigenvalue weighted by Gasteiger charge is 2.31. The third-order valence-electron chi connectivity index (χ3n) is 14.7. The highest BCUT2D eigenvalue weighted by molar-refractivity contribution is 6.15. The number of para-hydroxylation sites is 3. The van der Waals surface area contributed by atoms with Crippen LogP contribution >= 0.6 is 0 Å². The fourth-order valence-electron chi connectivity index (χ4n) is 11.1. The number of nitrogens with zero attached hydrogens (tertiary/aromatic N) is 6. The monoisotopic (exact) mass is 918 g/mol. The van der Waals surface area contributed by atoms with Gasteiger partial charge in [0, 0.05) is 43.4 Å². The summed E-state index contributed by atoms with van der Waals surface area (Å²) in [6, 6.07) is 66.7. The summed E-state index contributed by atoms with van der Waals surface area (Å²) in [6.45, 7) is 17.7. The summed E-state index contributed by atoms with van der Waals surface area (Å²) in [4.78, 5) is 10.5. The maximum absolute atomic E-state index is 11.0. The summed E-state index contributed by atoms with van der Waals surface area (Å²) in [5.74, 6) is 2.58. The summed E-state index contributed by atoms with van der Waals surface area (Å²) >= 11 is 0. The van der Waals surface area contributed by atoms with Crippen molar-refractivity contribution in [2.45, 2.75) is 65.8 Å². The quantitative estimate of drug-likeness (QED) is 0.128. The van der Waals surface area contributed by atoms with Crippen molar-refractivity contribution in [2.75, 3.05) is 0 Å². The predicted molar refractivity (Wildman–Crippen MR) is 298 cm³/mol.